The zero-order valence-corrected chi connectivity index (χ0v) is 7.26. The molecule has 4 nitrogen and oxygen atoms in total. The average molecular weight is 221 g/mol. The Morgan fingerprint density at radius 1 is 1.53 bits per heavy atom. The number of rotatable bonds is 3. The summed E-state index contributed by atoms with van der Waals surface area (Å²) >= 11 is 0. The Balaban J connectivity index is 3.34. The standard InChI is InChI=1S/C8H6F3NO3/c9-6-3(1-5(13)14)4(7(10)11)2-12-8(6)15/h2,7H,1H2,(H,12,15)(H,13,14). The van der Waals surface area contributed by atoms with Crippen molar-refractivity contribution in [1.29, 1.82) is 0 Å². The summed E-state index contributed by atoms with van der Waals surface area (Å²) in [5.41, 5.74) is -2.80. The molecule has 0 fully saturated rings. The number of hydrogen-bond acceptors (Lipinski definition) is 2. The number of pyridine rings is 1. The molecule has 1 aromatic rings. The van der Waals surface area contributed by atoms with E-state index < -0.39 is 41.3 Å². The van der Waals surface area contributed by atoms with Gasteiger partial charge in [0.15, 0.2) is 5.82 Å². The summed E-state index contributed by atoms with van der Waals surface area (Å²) in [6.07, 6.45) is -3.37. The van der Waals surface area contributed by atoms with Gasteiger partial charge in [0.25, 0.3) is 12.0 Å². The van der Waals surface area contributed by atoms with Crippen LogP contribution in [0.1, 0.15) is 17.6 Å². The molecule has 0 amide bonds. The Labute approximate surface area is 81.4 Å². The van der Waals surface area contributed by atoms with Gasteiger partial charge in [0.05, 0.1) is 6.42 Å². The molecule has 1 rings (SSSR count). The van der Waals surface area contributed by atoms with Crippen molar-refractivity contribution in [3.8, 4) is 0 Å². The van der Waals surface area contributed by atoms with E-state index in [1.807, 2.05) is 0 Å². The minimum Gasteiger partial charge on any atom is -0.481 e. The van der Waals surface area contributed by atoms with Crippen molar-refractivity contribution in [2.75, 3.05) is 0 Å². The van der Waals surface area contributed by atoms with Crippen LogP contribution in [0.3, 0.4) is 0 Å². The number of aromatic nitrogens is 1. The molecule has 2 N–H and O–H groups in total. The third-order valence-corrected chi connectivity index (χ3v) is 1.73. The Hall–Kier alpha value is -1.79. The van der Waals surface area contributed by atoms with E-state index in [-0.39, 0.29) is 0 Å². The highest BCUT2D eigenvalue weighted by atomic mass is 19.3. The van der Waals surface area contributed by atoms with E-state index in [1.54, 1.807) is 4.98 Å². The number of hydrogen-bond donors (Lipinski definition) is 2. The smallest absolute Gasteiger partial charge is 0.307 e. The maximum Gasteiger partial charge on any atom is 0.307 e. The zero-order valence-electron chi connectivity index (χ0n) is 7.26. The second kappa shape index (κ2) is 4.16. The van der Waals surface area contributed by atoms with Crippen LogP contribution in [0.2, 0.25) is 0 Å². The SMILES string of the molecule is O=C(O)Cc1c(C(F)F)c[nH]c(=O)c1F. The quantitative estimate of drug-likeness (QED) is 0.802. The van der Waals surface area contributed by atoms with Gasteiger partial charge in [-0.05, 0) is 0 Å². The molecule has 0 aliphatic carbocycles. The maximum atomic E-state index is 13.0. The monoisotopic (exact) mass is 221 g/mol. The fraction of sp³-hybridized carbons (Fsp3) is 0.250. The molecule has 82 valence electrons. The largest absolute Gasteiger partial charge is 0.481 e. The summed E-state index contributed by atoms with van der Waals surface area (Å²) in [6, 6.07) is 0. The molecule has 0 saturated carbocycles. The van der Waals surface area contributed by atoms with Crippen molar-refractivity contribution in [1.82, 2.24) is 4.98 Å². The van der Waals surface area contributed by atoms with E-state index >= 15 is 0 Å². The number of aliphatic carboxylic acids is 1. The molecule has 1 aromatic heterocycles. The van der Waals surface area contributed by atoms with E-state index in [2.05, 4.69) is 0 Å². The minimum atomic E-state index is -3.04. The lowest BCUT2D eigenvalue weighted by Crippen LogP contribution is -2.18. The highest BCUT2D eigenvalue weighted by molar-refractivity contribution is 5.70. The Morgan fingerprint density at radius 3 is 2.60 bits per heavy atom. The number of carbonyl (C=O) groups is 1. The second-order valence-corrected chi connectivity index (χ2v) is 2.74. The normalized spacial score (nSPS) is 10.7. The lowest BCUT2D eigenvalue weighted by Gasteiger charge is -2.06. The van der Waals surface area contributed by atoms with E-state index in [0.717, 1.165) is 0 Å². The van der Waals surface area contributed by atoms with Crippen molar-refractivity contribution in [3.63, 3.8) is 0 Å². The first-order chi connectivity index (χ1) is 6.93. The third kappa shape index (κ3) is 2.36. The first-order valence-electron chi connectivity index (χ1n) is 3.83. The molecular weight excluding hydrogens is 215 g/mol. The molecule has 0 saturated heterocycles. The van der Waals surface area contributed by atoms with Crippen LogP contribution in [0.5, 0.6) is 0 Å². The van der Waals surface area contributed by atoms with Gasteiger partial charge >= 0.3 is 5.97 Å². The number of carboxylic acids is 1. The van der Waals surface area contributed by atoms with Crippen LogP contribution in [0, 0.1) is 5.82 Å². The number of alkyl halides is 2. The number of H-pyrrole nitrogens is 1. The molecule has 1 heterocycles. The molecule has 0 radical (unpaired) electrons. The van der Waals surface area contributed by atoms with Crippen molar-refractivity contribution >= 4 is 5.97 Å². The van der Waals surface area contributed by atoms with Gasteiger partial charge in [0.1, 0.15) is 0 Å². The number of nitrogens with one attached hydrogen (secondary N) is 1. The average Bonchev–Trinajstić information content (AvgIpc) is 2.12. The van der Waals surface area contributed by atoms with Gasteiger partial charge in [-0.15, -0.1) is 0 Å². The predicted molar refractivity (Wildman–Crippen MR) is 43.3 cm³/mol. The van der Waals surface area contributed by atoms with Crippen LogP contribution in [0.15, 0.2) is 11.0 Å². The van der Waals surface area contributed by atoms with Gasteiger partial charge in [-0.25, -0.2) is 13.2 Å². The lowest BCUT2D eigenvalue weighted by atomic mass is 10.1. The van der Waals surface area contributed by atoms with Gasteiger partial charge < -0.3 is 10.1 Å². The topological polar surface area (TPSA) is 70.2 Å². The van der Waals surface area contributed by atoms with Crippen LogP contribution in [0.4, 0.5) is 13.2 Å². The summed E-state index contributed by atoms with van der Waals surface area (Å²) in [6.45, 7) is 0. The molecule has 0 atom stereocenters. The van der Waals surface area contributed by atoms with Gasteiger partial charge in [-0.2, -0.15) is 0 Å². The molecule has 0 aliphatic rings. The molecular formula is C8H6F3NO3. The van der Waals surface area contributed by atoms with Gasteiger partial charge in [0, 0.05) is 17.3 Å². The van der Waals surface area contributed by atoms with Gasteiger partial charge in [-0.1, -0.05) is 0 Å². The summed E-state index contributed by atoms with van der Waals surface area (Å²) in [5, 5.41) is 8.36. The van der Waals surface area contributed by atoms with Crippen LogP contribution in [-0.4, -0.2) is 16.1 Å². The van der Waals surface area contributed by atoms with Crippen molar-refractivity contribution in [2.24, 2.45) is 0 Å². The van der Waals surface area contributed by atoms with Gasteiger partial charge in [-0.3, -0.25) is 9.59 Å². The Kier molecular flexibility index (Phi) is 3.13. The summed E-state index contributed by atoms with van der Waals surface area (Å²) in [7, 11) is 0. The Bertz CT molecular complexity index is 441. The first-order valence-corrected chi connectivity index (χ1v) is 3.83. The lowest BCUT2D eigenvalue weighted by molar-refractivity contribution is -0.136. The van der Waals surface area contributed by atoms with Crippen LogP contribution < -0.4 is 5.56 Å². The molecule has 0 bridgehead atoms. The highest BCUT2D eigenvalue weighted by Gasteiger charge is 2.20. The van der Waals surface area contributed by atoms with Crippen molar-refractivity contribution in [2.45, 2.75) is 12.8 Å². The van der Waals surface area contributed by atoms with E-state index in [1.165, 1.54) is 0 Å². The minimum absolute atomic E-state index is 0.619. The maximum absolute atomic E-state index is 13.0. The highest BCUT2D eigenvalue weighted by Crippen LogP contribution is 2.22. The molecule has 15 heavy (non-hydrogen) atoms. The molecule has 0 aliphatic heterocycles. The summed E-state index contributed by atoms with van der Waals surface area (Å²) in [4.78, 5) is 22.8. The number of aromatic amines is 1. The number of carboxylic acid groups (broad SMARTS) is 1. The van der Waals surface area contributed by atoms with Crippen molar-refractivity contribution < 1.29 is 23.1 Å². The van der Waals surface area contributed by atoms with Crippen molar-refractivity contribution in [3.05, 3.63) is 33.5 Å². The van der Waals surface area contributed by atoms with Crippen LogP contribution >= 0.6 is 0 Å². The molecule has 0 spiro atoms. The third-order valence-electron chi connectivity index (χ3n) is 1.73. The number of halogens is 3. The fourth-order valence-corrected chi connectivity index (χ4v) is 1.08. The van der Waals surface area contributed by atoms with Crippen LogP contribution in [0.25, 0.3) is 0 Å². The zero-order chi connectivity index (χ0) is 11.6. The first kappa shape index (κ1) is 11.3. The Morgan fingerprint density at radius 2 is 2.13 bits per heavy atom. The van der Waals surface area contributed by atoms with E-state index in [9.17, 15) is 22.8 Å². The molecule has 7 heteroatoms. The van der Waals surface area contributed by atoms with Crippen LogP contribution in [-0.2, 0) is 11.2 Å². The fourth-order valence-electron chi connectivity index (χ4n) is 1.08. The molecule has 0 aromatic carbocycles. The van der Waals surface area contributed by atoms with E-state index in [4.69, 9.17) is 5.11 Å². The second-order valence-electron chi connectivity index (χ2n) is 2.74. The summed E-state index contributed by atoms with van der Waals surface area (Å²) < 4.78 is 37.7. The summed E-state index contributed by atoms with van der Waals surface area (Å²) in [5.74, 6) is -2.96. The van der Waals surface area contributed by atoms with E-state index in [0.29, 0.717) is 6.20 Å². The predicted octanol–water partition coefficient (Wildman–Crippen LogP) is 1.08. The molecule has 0 unspecified atom stereocenters. The van der Waals surface area contributed by atoms with Gasteiger partial charge in [0.2, 0.25) is 0 Å².